The molecule has 112 valence electrons. The predicted octanol–water partition coefficient (Wildman–Crippen LogP) is 4.53. The average Bonchev–Trinajstić information content (AvgIpc) is 2.80. The van der Waals surface area contributed by atoms with E-state index in [9.17, 15) is 4.79 Å². The summed E-state index contributed by atoms with van der Waals surface area (Å²) >= 11 is 0. The number of fused-ring (bicyclic) bond motifs is 1. The van der Waals surface area contributed by atoms with Crippen molar-refractivity contribution in [2.45, 2.75) is 27.3 Å². The molecule has 2 aromatic carbocycles. The van der Waals surface area contributed by atoms with Crippen molar-refractivity contribution in [3.8, 4) is 0 Å². The molecule has 3 nitrogen and oxygen atoms in total. The predicted molar refractivity (Wildman–Crippen MR) is 91.5 cm³/mol. The number of amides is 1. The Morgan fingerprint density at radius 1 is 1.09 bits per heavy atom. The number of carbonyl (C=O) groups is 1. The first-order chi connectivity index (χ1) is 10.6. The van der Waals surface area contributed by atoms with Gasteiger partial charge in [-0.15, -0.1) is 0 Å². The Bertz CT molecular complexity index is 846. The van der Waals surface area contributed by atoms with Gasteiger partial charge in [-0.2, -0.15) is 0 Å². The second-order valence-corrected chi connectivity index (χ2v) is 5.56. The molecule has 0 unspecified atom stereocenters. The van der Waals surface area contributed by atoms with Gasteiger partial charge in [0, 0.05) is 23.1 Å². The van der Waals surface area contributed by atoms with Crippen molar-refractivity contribution in [1.82, 2.24) is 4.57 Å². The van der Waals surface area contributed by atoms with Crippen LogP contribution in [0.4, 0.5) is 5.69 Å². The first kappa shape index (κ1) is 14.4. The minimum atomic E-state index is -0.0545. The van der Waals surface area contributed by atoms with Crippen LogP contribution >= 0.6 is 0 Å². The molecule has 0 fully saturated rings. The summed E-state index contributed by atoms with van der Waals surface area (Å²) in [5.41, 5.74) is 4.84. The summed E-state index contributed by atoms with van der Waals surface area (Å²) in [4.78, 5) is 12.8. The zero-order chi connectivity index (χ0) is 15.7. The van der Waals surface area contributed by atoms with Crippen molar-refractivity contribution in [3.63, 3.8) is 0 Å². The molecule has 0 saturated carbocycles. The van der Waals surface area contributed by atoms with E-state index < -0.39 is 0 Å². The monoisotopic (exact) mass is 292 g/mol. The van der Waals surface area contributed by atoms with Gasteiger partial charge in [0.15, 0.2) is 0 Å². The minimum Gasteiger partial charge on any atom is -0.337 e. The number of carbonyl (C=O) groups excluding carboxylic acids is 1. The lowest BCUT2D eigenvalue weighted by Crippen LogP contribution is -2.17. The number of nitrogens with one attached hydrogen (secondary N) is 1. The molecule has 0 saturated heterocycles. The van der Waals surface area contributed by atoms with E-state index in [2.05, 4.69) is 28.9 Å². The summed E-state index contributed by atoms with van der Waals surface area (Å²) < 4.78 is 2.08. The van der Waals surface area contributed by atoms with Gasteiger partial charge in [-0.05, 0) is 50.1 Å². The lowest BCUT2D eigenvalue weighted by molar-refractivity contribution is 0.101. The maximum absolute atomic E-state index is 12.8. The lowest BCUT2D eigenvalue weighted by atomic mass is 10.1. The second kappa shape index (κ2) is 5.68. The number of aryl methyl sites for hydroxylation is 3. The largest absolute Gasteiger partial charge is 0.337 e. The molecule has 3 rings (SSSR count). The van der Waals surface area contributed by atoms with Gasteiger partial charge >= 0.3 is 0 Å². The van der Waals surface area contributed by atoms with Crippen molar-refractivity contribution in [2.75, 3.05) is 5.32 Å². The van der Waals surface area contributed by atoms with E-state index in [1.807, 2.05) is 50.2 Å². The molecule has 0 aliphatic heterocycles. The molecule has 22 heavy (non-hydrogen) atoms. The van der Waals surface area contributed by atoms with E-state index in [1.165, 1.54) is 0 Å². The number of benzene rings is 2. The molecule has 0 aliphatic carbocycles. The third-order valence-corrected chi connectivity index (χ3v) is 4.03. The molecular formula is C19H20N2O. The first-order valence-electron chi connectivity index (χ1n) is 7.57. The van der Waals surface area contributed by atoms with Gasteiger partial charge < -0.3 is 9.88 Å². The Labute approximate surface area is 130 Å². The van der Waals surface area contributed by atoms with Crippen LogP contribution in [0.15, 0.2) is 48.5 Å². The van der Waals surface area contributed by atoms with Crippen molar-refractivity contribution in [3.05, 3.63) is 65.4 Å². The van der Waals surface area contributed by atoms with Crippen LogP contribution in [0.25, 0.3) is 10.9 Å². The summed E-state index contributed by atoms with van der Waals surface area (Å²) in [5.74, 6) is -0.0545. The topological polar surface area (TPSA) is 34.0 Å². The van der Waals surface area contributed by atoms with Gasteiger partial charge in [-0.25, -0.2) is 0 Å². The van der Waals surface area contributed by atoms with Gasteiger partial charge in [0.05, 0.1) is 0 Å². The van der Waals surface area contributed by atoms with Crippen molar-refractivity contribution < 1.29 is 4.79 Å². The minimum absolute atomic E-state index is 0.0545. The third kappa shape index (κ3) is 2.39. The summed E-state index contributed by atoms with van der Waals surface area (Å²) in [6.45, 7) is 6.86. The summed E-state index contributed by atoms with van der Waals surface area (Å²) in [7, 11) is 0. The normalized spacial score (nSPS) is 10.9. The van der Waals surface area contributed by atoms with E-state index in [4.69, 9.17) is 0 Å². The number of hydrogen-bond acceptors (Lipinski definition) is 1. The molecule has 3 heteroatoms. The van der Waals surface area contributed by atoms with Crippen LogP contribution in [0, 0.1) is 13.8 Å². The Hall–Kier alpha value is -2.55. The molecule has 1 heterocycles. The summed E-state index contributed by atoms with van der Waals surface area (Å²) in [6, 6.07) is 16.0. The van der Waals surface area contributed by atoms with Crippen LogP contribution in [0.2, 0.25) is 0 Å². The fourth-order valence-corrected chi connectivity index (χ4v) is 3.01. The molecule has 1 aromatic heterocycles. The van der Waals surface area contributed by atoms with Gasteiger partial charge in [-0.1, -0.05) is 30.3 Å². The quantitative estimate of drug-likeness (QED) is 0.756. The highest BCUT2D eigenvalue weighted by molar-refractivity contribution is 6.08. The third-order valence-electron chi connectivity index (χ3n) is 4.03. The number of rotatable bonds is 3. The molecule has 0 bridgehead atoms. The van der Waals surface area contributed by atoms with E-state index in [0.29, 0.717) is 0 Å². The molecule has 0 radical (unpaired) electrons. The number of nitrogens with zero attached hydrogens (tertiary/aromatic N) is 1. The Morgan fingerprint density at radius 3 is 2.59 bits per heavy atom. The standard InChI is InChI=1S/C19H20N2O/c1-4-21-17-11-6-5-10-16(17)14(3)18(21)19(22)20-15-9-7-8-13(2)12-15/h5-12H,4H2,1-3H3,(H,20,22). The average molecular weight is 292 g/mol. The maximum atomic E-state index is 12.8. The smallest absolute Gasteiger partial charge is 0.272 e. The SMILES string of the molecule is CCn1c(C(=O)Nc2cccc(C)c2)c(C)c2ccccc21. The molecule has 1 N–H and O–H groups in total. The zero-order valence-electron chi connectivity index (χ0n) is 13.2. The van der Waals surface area contributed by atoms with Crippen LogP contribution in [0.1, 0.15) is 28.5 Å². The fraction of sp³-hybridized carbons (Fsp3) is 0.211. The lowest BCUT2D eigenvalue weighted by Gasteiger charge is -2.10. The van der Waals surface area contributed by atoms with Crippen molar-refractivity contribution >= 4 is 22.5 Å². The molecule has 3 aromatic rings. The number of para-hydroxylation sites is 1. The van der Waals surface area contributed by atoms with Crippen LogP contribution in [0.3, 0.4) is 0 Å². The van der Waals surface area contributed by atoms with E-state index in [-0.39, 0.29) is 5.91 Å². The van der Waals surface area contributed by atoms with Gasteiger partial charge in [-0.3, -0.25) is 4.79 Å². The molecule has 1 amide bonds. The van der Waals surface area contributed by atoms with E-state index in [0.717, 1.165) is 40.0 Å². The summed E-state index contributed by atoms with van der Waals surface area (Å²) in [6.07, 6.45) is 0. The second-order valence-electron chi connectivity index (χ2n) is 5.56. The highest BCUT2D eigenvalue weighted by atomic mass is 16.2. The highest BCUT2D eigenvalue weighted by Crippen LogP contribution is 2.26. The Kier molecular flexibility index (Phi) is 3.72. The summed E-state index contributed by atoms with van der Waals surface area (Å²) in [5, 5.41) is 4.15. The van der Waals surface area contributed by atoms with Crippen LogP contribution in [-0.4, -0.2) is 10.5 Å². The molecular weight excluding hydrogens is 272 g/mol. The first-order valence-corrected chi connectivity index (χ1v) is 7.57. The Balaban J connectivity index is 2.05. The van der Waals surface area contributed by atoms with Crippen molar-refractivity contribution in [2.24, 2.45) is 0 Å². The van der Waals surface area contributed by atoms with Gasteiger partial charge in [0.25, 0.3) is 5.91 Å². The van der Waals surface area contributed by atoms with Crippen LogP contribution < -0.4 is 5.32 Å². The molecule has 0 atom stereocenters. The zero-order valence-corrected chi connectivity index (χ0v) is 13.2. The highest BCUT2D eigenvalue weighted by Gasteiger charge is 2.19. The van der Waals surface area contributed by atoms with E-state index in [1.54, 1.807) is 0 Å². The fourth-order valence-electron chi connectivity index (χ4n) is 3.01. The molecule has 0 aliphatic rings. The van der Waals surface area contributed by atoms with Crippen LogP contribution in [0.5, 0.6) is 0 Å². The number of anilines is 1. The van der Waals surface area contributed by atoms with Crippen LogP contribution in [-0.2, 0) is 6.54 Å². The van der Waals surface area contributed by atoms with Gasteiger partial charge in [0.1, 0.15) is 5.69 Å². The van der Waals surface area contributed by atoms with Crippen molar-refractivity contribution in [1.29, 1.82) is 0 Å². The number of aromatic nitrogens is 1. The molecule has 0 spiro atoms. The van der Waals surface area contributed by atoms with Gasteiger partial charge in [0.2, 0.25) is 0 Å². The Morgan fingerprint density at radius 2 is 1.86 bits per heavy atom. The van der Waals surface area contributed by atoms with E-state index >= 15 is 0 Å². The maximum Gasteiger partial charge on any atom is 0.272 e. The number of hydrogen-bond donors (Lipinski definition) is 1.